The van der Waals surface area contributed by atoms with Gasteiger partial charge in [-0.1, -0.05) is 77.9 Å². The molecule has 0 fully saturated rings. The van der Waals surface area contributed by atoms with Crippen molar-refractivity contribution in [1.29, 1.82) is 0 Å². The first-order valence-electron chi connectivity index (χ1n) is 10.2. The first kappa shape index (κ1) is 19.4. The number of rotatable bonds is 2. The van der Waals surface area contributed by atoms with Crippen LogP contribution in [0.1, 0.15) is 52.7 Å². The Kier molecular flexibility index (Phi) is 4.61. The van der Waals surface area contributed by atoms with E-state index < -0.39 is 0 Å². The van der Waals surface area contributed by atoms with Gasteiger partial charge in [0.05, 0.1) is 6.20 Å². The summed E-state index contributed by atoms with van der Waals surface area (Å²) >= 11 is 0. The van der Waals surface area contributed by atoms with E-state index in [1.54, 1.807) is 12.5 Å². The van der Waals surface area contributed by atoms with E-state index in [4.69, 9.17) is 4.42 Å². The average Bonchev–Trinajstić information content (AvgIpc) is 3.20. The third-order valence-electron chi connectivity index (χ3n) is 5.51. The molecule has 0 radical (unpaired) electrons. The van der Waals surface area contributed by atoms with Gasteiger partial charge in [-0.15, -0.1) is 0 Å². The van der Waals surface area contributed by atoms with Crippen molar-refractivity contribution in [2.45, 2.75) is 52.4 Å². The molecule has 0 saturated heterocycles. The summed E-state index contributed by atoms with van der Waals surface area (Å²) in [5.41, 5.74) is 6.29. The van der Waals surface area contributed by atoms with Crippen LogP contribution in [0, 0.1) is 0 Å². The lowest BCUT2D eigenvalue weighted by Crippen LogP contribution is -2.13. The van der Waals surface area contributed by atoms with Crippen molar-refractivity contribution in [3.05, 3.63) is 78.2 Å². The number of hydrogen-bond acceptors (Lipinski definition) is 2. The molecule has 2 heteroatoms. The number of nitrogens with zero attached hydrogens (tertiary/aromatic N) is 1. The van der Waals surface area contributed by atoms with Crippen molar-refractivity contribution in [2.24, 2.45) is 0 Å². The van der Waals surface area contributed by atoms with E-state index in [-0.39, 0.29) is 10.8 Å². The Labute approximate surface area is 173 Å². The van der Waals surface area contributed by atoms with E-state index in [2.05, 4.69) is 101 Å². The normalized spacial score (nSPS) is 12.5. The lowest BCUT2D eigenvalue weighted by Gasteiger charge is -2.25. The molecular weight excluding hydrogens is 354 g/mol. The Bertz CT molecular complexity index is 1160. The van der Waals surface area contributed by atoms with Crippen molar-refractivity contribution < 1.29 is 4.42 Å². The van der Waals surface area contributed by atoms with Crippen molar-refractivity contribution in [1.82, 2.24) is 4.98 Å². The van der Waals surface area contributed by atoms with E-state index >= 15 is 0 Å². The molecule has 148 valence electrons. The van der Waals surface area contributed by atoms with Gasteiger partial charge in [-0.2, -0.15) is 0 Å². The smallest absolute Gasteiger partial charge is 0.225 e. The van der Waals surface area contributed by atoms with Crippen molar-refractivity contribution >= 4 is 10.8 Å². The maximum Gasteiger partial charge on any atom is 0.225 e. The van der Waals surface area contributed by atoms with E-state index in [0.717, 1.165) is 5.56 Å². The summed E-state index contributed by atoms with van der Waals surface area (Å²) in [6, 6.07) is 20.0. The number of hydrogen-bond donors (Lipinski definition) is 0. The highest BCUT2D eigenvalue weighted by molar-refractivity contribution is 5.91. The minimum Gasteiger partial charge on any atom is -0.445 e. The molecule has 0 saturated carbocycles. The third-order valence-corrected chi connectivity index (χ3v) is 5.51. The average molecular weight is 384 g/mol. The Morgan fingerprint density at radius 3 is 2.10 bits per heavy atom. The SMILES string of the molecule is CC(C)(C)c1cc(-c2ncco2)ccc1-c1ccc2cccc(C(C)(C)C)c2c1. The molecule has 0 spiro atoms. The maximum atomic E-state index is 5.53. The highest BCUT2D eigenvalue weighted by Crippen LogP contribution is 2.38. The second kappa shape index (κ2) is 6.88. The molecule has 0 amide bonds. The minimum atomic E-state index is -0.00353. The molecule has 29 heavy (non-hydrogen) atoms. The zero-order chi connectivity index (χ0) is 20.8. The summed E-state index contributed by atoms with van der Waals surface area (Å²) in [5, 5.41) is 2.61. The van der Waals surface area contributed by atoms with Crippen molar-refractivity contribution in [3.8, 4) is 22.6 Å². The molecule has 0 atom stereocenters. The number of aromatic nitrogens is 1. The van der Waals surface area contributed by atoms with E-state index in [1.165, 1.54) is 33.0 Å². The van der Waals surface area contributed by atoms with Gasteiger partial charge in [0.1, 0.15) is 6.26 Å². The van der Waals surface area contributed by atoms with E-state index in [0.29, 0.717) is 5.89 Å². The predicted octanol–water partition coefficient (Wildman–Crippen LogP) is 7.76. The van der Waals surface area contributed by atoms with Gasteiger partial charge in [-0.05, 0) is 62.1 Å². The standard InChI is InChI=1S/C27H29NO/c1-26(2,3)23-9-7-8-18-10-11-19(16-22(18)23)21-13-12-20(25-28-14-15-29-25)17-24(21)27(4,5)6/h7-17H,1-6H3. The quantitative estimate of drug-likeness (QED) is 0.353. The number of fused-ring (bicyclic) bond motifs is 1. The van der Waals surface area contributed by atoms with Crippen LogP contribution in [-0.2, 0) is 10.8 Å². The monoisotopic (exact) mass is 383 g/mol. The van der Waals surface area contributed by atoms with Crippen LogP contribution in [0.5, 0.6) is 0 Å². The first-order valence-corrected chi connectivity index (χ1v) is 10.2. The molecule has 0 aliphatic rings. The van der Waals surface area contributed by atoms with Gasteiger partial charge in [0, 0.05) is 5.56 Å². The molecule has 0 N–H and O–H groups in total. The fourth-order valence-electron chi connectivity index (χ4n) is 4.01. The maximum absolute atomic E-state index is 5.53. The van der Waals surface area contributed by atoms with Crippen LogP contribution >= 0.6 is 0 Å². The van der Waals surface area contributed by atoms with Crippen LogP contribution in [0.15, 0.2) is 71.5 Å². The lowest BCUT2D eigenvalue weighted by molar-refractivity contribution is 0.572. The summed E-state index contributed by atoms with van der Waals surface area (Å²) < 4.78 is 5.53. The van der Waals surface area contributed by atoms with Crippen LogP contribution in [0.4, 0.5) is 0 Å². The highest BCUT2D eigenvalue weighted by Gasteiger charge is 2.22. The summed E-state index contributed by atoms with van der Waals surface area (Å²) in [7, 11) is 0. The molecule has 1 aromatic heterocycles. The van der Waals surface area contributed by atoms with Gasteiger partial charge in [0.25, 0.3) is 0 Å². The number of oxazole rings is 1. The van der Waals surface area contributed by atoms with Gasteiger partial charge in [-0.3, -0.25) is 0 Å². The van der Waals surface area contributed by atoms with Crippen LogP contribution in [-0.4, -0.2) is 4.98 Å². The molecule has 0 aliphatic carbocycles. The Morgan fingerprint density at radius 1 is 0.724 bits per heavy atom. The summed E-state index contributed by atoms with van der Waals surface area (Å²) in [6.07, 6.45) is 3.31. The minimum absolute atomic E-state index is 0.00353. The van der Waals surface area contributed by atoms with Gasteiger partial charge in [-0.25, -0.2) is 4.98 Å². The molecule has 4 rings (SSSR count). The van der Waals surface area contributed by atoms with Crippen LogP contribution in [0.2, 0.25) is 0 Å². The molecular formula is C27H29NO. The largest absolute Gasteiger partial charge is 0.445 e. The van der Waals surface area contributed by atoms with Gasteiger partial charge < -0.3 is 4.42 Å². The summed E-state index contributed by atoms with van der Waals surface area (Å²) in [6.45, 7) is 13.6. The van der Waals surface area contributed by atoms with Crippen LogP contribution < -0.4 is 0 Å². The predicted molar refractivity (Wildman–Crippen MR) is 122 cm³/mol. The Balaban J connectivity index is 1.93. The molecule has 0 unspecified atom stereocenters. The van der Waals surface area contributed by atoms with Gasteiger partial charge in [0.2, 0.25) is 5.89 Å². The van der Waals surface area contributed by atoms with Gasteiger partial charge >= 0.3 is 0 Å². The van der Waals surface area contributed by atoms with Crippen LogP contribution in [0.3, 0.4) is 0 Å². The van der Waals surface area contributed by atoms with Crippen molar-refractivity contribution in [3.63, 3.8) is 0 Å². The Hall–Kier alpha value is -2.87. The summed E-state index contributed by atoms with van der Waals surface area (Å²) in [4.78, 5) is 4.32. The molecule has 3 aromatic carbocycles. The third kappa shape index (κ3) is 3.72. The summed E-state index contributed by atoms with van der Waals surface area (Å²) in [5.74, 6) is 0.663. The zero-order valence-corrected chi connectivity index (χ0v) is 18.2. The molecule has 2 nitrogen and oxygen atoms in total. The fourth-order valence-corrected chi connectivity index (χ4v) is 4.01. The molecule has 0 bridgehead atoms. The first-order chi connectivity index (χ1) is 13.6. The fraction of sp³-hybridized carbons (Fsp3) is 0.296. The number of benzene rings is 3. The Morgan fingerprint density at radius 2 is 1.45 bits per heavy atom. The van der Waals surface area contributed by atoms with E-state index in [1.807, 2.05) is 0 Å². The molecule has 0 aliphatic heterocycles. The molecule has 4 aromatic rings. The van der Waals surface area contributed by atoms with Crippen molar-refractivity contribution in [2.75, 3.05) is 0 Å². The second-order valence-electron chi connectivity index (χ2n) is 9.84. The zero-order valence-electron chi connectivity index (χ0n) is 18.2. The van der Waals surface area contributed by atoms with Crippen LogP contribution in [0.25, 0.3) is 33.4 Å². The highest BCUT2D eigenvalue weighted by atomic mass is 16.3. The molecule has 1 heterocycles. The second-order valence-corrected chi connectivity index (χ2v) is 9.84. The van der Waals surface area contributed by atoms with Gasteiger partial charge in [0.15, 0.2) is 0 Å². The lowest BCUT2D eigenvalue weighted by atomic mass is 9.79. The van der Waals surface area contributed by atoms with E-state index in [9.17, 15) is 0 Å². The topological polar surface area (TPSA) is 26.0 Å².